The van der Waals surface area contributed by atoms with Crippen LogP contribution in [0.4, 0.5) is 13.2 Å². The summed E-state index contributed by atoms with van der Waals surface area (Å²) in [7, 11) is 5.92. The van der Waals surface area contributed by atoms with Crippen LogP contribution in [0.25, 0.3) is 0 Å². The predicted octanol–water partition coefficient (Wildman–Crippen LogP) is 6.20. The van der Waals surface area contributed by atoms with Gasteiger partial charge in [0, 0.05) is 66.7 Å². The summed E-state index contributed by atoms with van der Waals surface area (Å²) in [6, 6.07) is 0.439. The molecule has 2 aromatic carbocycles. The maximum Gasteiger partial charge on any atom is 0.417 e. The molecule has 2 saturated carbocycles. The first-order valence-corrected chi connectivity index (χ1v) is 34.7. The predicted molar refractivity (Wildman–Crippen MR) is 355 cm³/mol. The number of aryl methyl sites for hydroxylation is 2. The van der Waals surface area contributed by atoms with Gasteiger partial charge in [0.05, 0.1) is 17.1 Å². The second-order valence-corrected chi connectivity index (χ2v) is 28.4. The third-order valence-corrected chi connectivity index (χ3v) is 21.0. The van der Waals surface area contributed by atoms with Gasteiger partial charge in [-0.15, -0.1) is 0 Å². The molecule has 7 rings (SSSR count). The molecule has 26 heteroatoms. The van der Waals surface area contributed by atoms with Gasteiger partial charge in [-0.1, -0.05) is 107 Å². The third kappa shape index (κ3) is 17.9. The van der Waals surface area contributed by atoms with E-state index in [0.717, 1.165) is 30.5 Å². The summed E-state index contributed by atoms with van der Waals surface area (Å²) in [5.74, 6) is -7.44. The van der Waals surface area contributed by atoms with Crippen molar-refractivity contribution < 1.29 is 65.9 Å². The normalized spacial score (nSPS) is 27.2. The SMILES string of the molecule is CC[C@H](C)[C@@H]1NC(=O)[C@H](CC(C)C)N(C)C(=O)C[C@@H](C)NC(=O)[C@H](C2CCCC2)N(C)C(=O)C2(CCCC2)NC(=O)[C@@H]2CCCN2C(=O)[C@H](CCc2ccc(C(F)(F)F)c(Cl)c2)NC(=O)CN(CC)C(=O)[C@H](Cc2ccc(C)cc2)N(C)C(=O)[C@@H]2CCN2C(=O)[C@H](C)N(C)C1=O. The van der Waals surface area contributed by atoms with E-state index in [-0.39, 0.29) is 89.3 Å². The molecule has 22 nitrogen and oxygen atoms in total. The molecule has 2 aliphatic carbocycles. The van der Waals surface area contributed by atoms with Crippen molar-refractivity contribution in [2.45, 2.75) is 231 Å². The van der Waals surface area contributed by atoms with E-state index in [9.17, 15) is 51.5 Å². The molecule has 11 amide bonds. The van der Waals surface area contributed by atoms with Crippen LogP contribution in [0.2, 0.25) is 5.02 Å². The summed E-state index contributed by atoms with van der Waals surface area (Å²) >= 11 is 6.16. The van der Waals surface area contributed by atoms with E-state index >= 15 is 14.4 Å². The second-order valence-electron chi connectivity index (χ2n) is 27.9. The Bertz CT molecular complexity index is 3180. The van der Waals surface area contributed by atoms with Gasteiger partial charge in [0.25, 0.3) is 0 Å². The fourth-order valence-electron chi connectivity index (χ4n) is 14.3. The number of alkyl halides is 3. The smallest absolute Gasteiger partial charge is 0.351 e. The van der Waals surface area contributed by atoms with Gasteiger partial charge in [0.1, 0.15) is 53.9 Å². The van der Waals surface area contributed by atoms with Gasteiger partial charge in [0.15, 0.2) is 0 Å². The summed E-state index contributed by atoms with van der Waals surface area (Å²) in [6.45, 7) is 13.7. The molecule has 0 radical (unpaired) electrons. The number of fused-ring (bicyclic) bond motifs is 2. The van der Waals surface area contributed by atoms with E-state index < -0.39 is 154 Å². The lowest BCUT2D eigenvalue weighted by Crippen LogP contribution is -2.65. The zero-order valence-electron chi connectivity index (χ0n) is 58.0. The van der Waals surface area contributed by atoms with E-state index in [4.69, 9.17) is 11.6 Å². The van der Waals surface area contributed by atoms with Crippen molar-refractivity contribution in [2.75, 3.05) is 54.4 Å². The average Bonchev–Trinajstić information content (AvgIpc) is 1.46. The largest absolute Gasteiger partial charge is 0.417 e. The Morgan fingerprint density at radius 1 is 0.646 bits per heavy atom. The summed E-state index contributed by atoms with van der Waals surface area (Å²) in [5.41, 5.74) is -0.649. The van der Waals surface area contributed by atoms with E-state index in [1.165, 1.54) is 75.5 Å². The summed E-state index contributed by atoms with van der Waals surface area (Å²) in [5, 5.41) is 11.2. The number of halogens is 4. The van der Waals surface area contributed by atoms with Crippen LogP contribution in [0.3, 0.4) is 0 Å². The molecule has 5 fully saturated rings. The van der Waals surface area contributed by atoms with Crippen molar-refractivity contribution in [3.63, 3.8) is 0 Å². The second kappa shape index (κ2) is 32.8. The van der Waals surface area contributed by atoms with Crippen LogP contribution in [0.15, 0.2) is 42.5 Å². The Hall–Kier alpha value is -7.31. The van der Waals surface area contributed by atoms with E-state index in [1.54, 1.807) is 20.8 Å². The van der Waals surface area contributed by atoms with Gasteiger partial charge < -0.3 is 55.6 Å². The number of rotatable bonds is 11. The standard InChI is InChI=1S/C70H101ClF3N11O11/c1-13-43(6)58-67(95)79(9)45(8)63(91)85-35-31-53(85)65(93)81(11)55(39-47-25-23-42(5)24-26-47)66(94)83(14-2)40-56(86)76-51(30-28-46-27-29-49(50(71)38-46)70(72,73)74)64(92)84-34-19-22-52(84)61(89)78-69(32-17-18-33-69)68(96)82(12)59(48-20-15-16-21-48)62(90)75-44(7)37-57(87)80(10)54(36-41(3)4)60(88)77-58/h23-27,29,38,41,43-45,48,51-55,58-59H,13-22,28,30-37,39-40H2,1-12H3,(H,75,90)(H,76,86)(H,77,88)(H,78,89)/t43-,44+,45-,51-,52-,53-,54-,55-,58-,59-/m0/s1. The van der Waals surface area contributed by atoms with Crippen LogP contribution in [-0.4, -0.2) is 214 Å². The molecule has 10 atom stereocenters. The van der Waals surface area contributed by atoms with Crippen LogP contribution < -0.4 is 21.3 Å². The Morgan fingerprint density at radius 3 is 1.86 bits per heavy atom. The number of hydrogen-bond acceptors (Lipinski definition) is 11. The van der Waals surface area contributed by atoms with Gasteiger partial charge in [-0.05, 0) is 133 Å². The zero-order chi connectivity index (χ0) is 70.8. The molecular formula is C70H101ClF3N11O11. The van der Waals surface area contributed by atoms with Gasteiger partial charge in [-0.2, -0.15) is 13.2 Å². The van der Waals surface area contributed by atoms with Crippen molar-refractivity contribution in [3.05, 3.63) is 69.7 Å². The van der Waals surface area contributed by atoms with E-state index in [2.05, 4.69) is 21.3 Å². The minimum Gasteiger partial charge on any atom is -0.351 e. The number of benzene rings is 2. The maximum atomic E-state index is 15.3. The molecule has 0 unspecified atom stereocenters. The molecule has 3 saturated heterocycles. The van der Waals surface area contributed by atoms with Crippen LogP contribution in [-0.2, 0) is 71.8 Å². The summed E-state index contributed by atoms with van der Waals surface area (Å²) in [4.78, 5) is 172. The highest BCUT2D eigenvalue weighted by Crippen LogP contribution is 2.38. The minimum absolute atomic E-state index is 0.0214. The van der Waals surface area contributed by atoms with Crippen molar-refractivity contribution >= 4 is 76.6 Å². The Kier molecular flexibility index (Phi) is 26.0. The van der Waals surface area contributed by atoms with E-state index in [0.29, 0.717) is 49.7 Å². The molecule has 3 heterocycles. The topological polar surface area (TPSA) is 259 Å². The lowest BCUT2D eigenvalue weighted by molar-refractivity contribution is -0.160. The van der Waals surface area contributed by atoms with Crippen LogP contribution in [0.5, 0.6) is 0 Å². The summed E-state index contributed by atoms with van der Waals surface area (Å²) in [6.07, 6.45) is 0.523. The monoisotopic (exact) mass is 1360 g/mol. The van der Waals surface area contributed by atoms with Crippen molar-refractivity contribution in [2.24, 2.45) is 17.8 Å². The fourth-order valence-corrected chi connectivity index (χ4v) is 14.7. The number of carbonyl (C=O) groups excluding carboxylic acids is 11. The van der Waals surface area contributed by atoms with E-state index in [1.807, 2.05) is 52.0 Å². The number of nitrogens with zero attached hydrogens (tertiary/aromatic N) is 7. The average molecular weight is 1370 g/mol. The molecule has 3 aliphatic heterocycles. The highest BCUT2D eigenvalue weighted by Gasteiger charge is 2.51. The lowest BCUT2D eigenvalue weighted by atomic mass is 9.90. The highest BCUT2D eigenvalue weighted by atomic mass is 35.5. The van der Waals surface area contributed by atoms with Gasteiger partial charge in [0.2, 0.25) is 65.0 Å². The van der Waals surface area contributed by atoms with Gasteiger partial charge in [-0.3, -0.25) is 52.7 Å². The maximum absolute atomic E-state index is 15.3. The number of hydrogen-bond donors (Lipinski definition) is 4. The Morgan fingerprint density at radius 2 is 1.28 bits per heavy atom. The highest BCUT2D eigenvalue weighted by molar-refractivity contribution is 6.31. The molecule has 2 aromatic rings. The minimum atomic E-state index is -4.75. The molecular weight excluding hydrogens is 1260 g/mol. The quantitative estimate of drug-likeness (QED) is 0.197. The summed E-state index contributed by atoms with van der Waals surface area (Å²) < 4.78 is 41.6. The van der Waals surface area contributed by atoms with Crippen molar-refractivity contribution in [3.8, 4) is 0 Å². The Labute approximate surface area is 568 Å². The first-order valence-electron chi connectivity index (χ1n) is 34.3. The lowest BCUT2D eigenvalue weighted by Gasteiger charge is -2.45. The third-order valence-electron chi connectivity index (χ3n) is 20.7. The Balaban J connectivity index is 1.27. The zero-order valence-corrected chi connectivity index (χ0v) is 58.7. The molecule has 5 aliphatic rings. The van der Waals surface area contributed by atoms with Crippen molar-refractivity contribution in [1.82, 2.24) is 55.6 Å². The molecule has 0 bridgehead atoms. The number of amides is 11. The van der Waals surface area contributed by atoms with Crippen LogP contribution in [0, 0.1) is 24.7 Å². The first kappa shape index (κ1) is 76.1. The van der Waals surface area contributed by atoms with Crippen LogP contribution in [0.1, 0.15) is 167 Å². The first-order chi connectivity index (χ1) is 45.2. The van der Waals surface area contributed by atoms with Crippen LogP contribution >= 0.6 is 11.6 Å². The van der Waals surface area contributed by atoms with Gasteiger partial charge >= 0.3 is 6.18 Å². The van der Waals surface area contributed by atoms with Crippen molar-refractivity contribution in [1.29, 1.82) is 0 Å². The fraction of sp³-hybridized carbons (Fsp3) is 0.671. The molecule has 0 aromatic heterocycles. The number of likely N-dealkylation sites (N-methyl/N-ethyl adjacent to an activating group) is 5. The number of carbonyl (C=O) groups is 11. The van der Waals surface area contributed by atoms with Gasteiger partial charge in [-0.25, -0.2) is 0 Å². The molecule has 96 heavy (non-hydrogen) atoms. The number of nitrogens with one attached hydrogen (secondary N) is 4. The molecule has 4 N–H and O–H groups in total. The molecule has 1 spiro atoms. The molecule has 530 valence electrons.